The smallest absolute Gasteiger partial charge is 0.166 e. The van der Waals surface area contributed by atoms with Crippen LogP contribution in [-0.4, -0.2) is 52.1 Å². The number of fused-ring (bicyclic) bond motifs is 1. The molecule has 0 spiro atoms. The Labute approximate surface area is 125 Å². The molecule has 0 aromatic carbocycles. The van der Waals surface area contributed by atoms with Gasteiger partial charge in [-0.05, 0) is 31.6 Å². The minimum absolute atomic E-state index is 0.495. The van der Waals surface area contributed by atoms with Crippen LogP contribution in [0.25, 0.3) is 11.0 Å². The number of rotatable bonds is 4. The Hall–Kier alpha value is -1.95. The summed E-state index contributed by atoms with van der Waals surface area (Å²) in [5.41, 5.74) is 6.41. The summed E-state index contributed by atoms with van der Waals surface area (Å²) in [5.74, 6) is 1.47. The van der Waals surface area contributed by atoms with Gasteiger partial charge in [0.05, 0.1) is 5.39 Å². The second-order valence-electron chi connectivity index (χ2n) is 5.41. The highest BCUT2D eigenvalue weighted by molar-refractivity contribution is 5.87. The zero-order valence-corrected chi connectivity index (χ0v) is 12.7. The standard InChI is InChI=1S/C15H22N6/c1-3-20(4-2)11-7-8-21(9-11)15-12-5-6-13(16)19-14(12)17-10-18-15/h5-6,10-11H,3-4,7-9H2,1-2H3,(H2,16,17,18,19). The zero-order chi connectivity index (χ0) is 14.8. The van der Waals surface area contributed by atoms with Gasteiger partial charge in [0.2, 0.25) is 0 Å². The summed E-state index contributed by atoms with van der Waals surface area (Å²) in [6.07, 6.45) is 2.75. The maximum Gasteiger partial charge on any atom is 0.166 e. The SMILES string of the molecule is CCN(CC)C1CCN(c2ncnc3nc(N)ccc23)C1. The molecule has 2 aromatic rings. The van der Waals surface area contributed by atoms with Crippen molar-refractivity contribution in [3.05, 3.63) is 18.5 Å². The molecule has 0 bridgehead atoms. The highest BCUT2D eigenvalue weighted by atomic mass is 15.3. The third-order valence-electron chi connectivity index (χ3n) is 4.29. The number of anilines is 2. The third kappa shape index (κ3) is 2.63. The molecule has 1 unspecified atom stereocenters. The van der Waals surface area contributed by atoms with Gasteiger partial charge in [0.25, 0.3) is 0 Å². The van der Waals surface area contributed by atoms with E-state index >= 15 is 0 Å². The van der Waals surface area contributed by atoms with Gasteiger partial charge >= 0.3 is 0 Å². The molecule has 2 N–H and O–H groups in total. The Kier molecular flexibility index (Phi) is 3.88. The molecule has 0 aliphatic carbocycles. The van der Waals surface area contributed by atoms with Crippen LogP contribution < -0.4 is 10.6 Å². The first-order valence-electron chi connectivity index (χ1n) is 7.59. The first kappa shape index (κ1) is 14.0. The van der Waals surface area contributed by atoms with Gasteiger partial charge in [-0.15, -0.1) is 0 Å². The molecule has 0 amide bonds. The van der Waals surface area contributed by atoms with E-state index in [0.717, 1.165) is 37.4 Å². The lowest BCUT2D eigenvalue weighted by Gasteiger charge is -2.26. The van der Waals surface area contributed by atoms with E-state index in [1.807, 2.05) is 12.1 Å². The van der Waals surface area contributed by atoms with Crippen molar-refractivity contribution in [3.63, 3.8) is 0 Å². The molecule has 3 heterocycles. The summed E-state index contributed by atoms with van der Waals surface area (Å²) in [7, 11) is 0. The highest BCUT2D eigenvalue weighted by Gasteiger charge is 2.28. The van der Waals surface area contributed by atoms with Gasteiger partial charge in [-0.2, -0.15) is 0 Å². The monoisotopic (exact) mass is 286 g/mol. The molecule has 0 saturated carbocycles. The van der Waals surface area contributed by atoms with Crippen LogP contribution in [-0.2, 0) is 0 Å². The van der Waals surface area contributed by atoms with Crippen LogP contribution in [0.3, 0.4) is 0 Å². The summed E-state index contributed by atoms with van der Waals surface area (Å²) < 4.78 is 0. The molecule has 3 rings (SSSR count). The van der Waals surface area contributed by atoms with Crippen molar-refractivity contribution < 1.29 is 0 Å². The molecule has 0 radical (unpaired) electrons. The van der Waals surface area contributed by atoms with Gasteiger partial charge in [0.1, 0.15) is 18.0 Å². The van der Waals surface area contributed by atoms with E-state index < -0.39 is 0 Å². The van der Waals surface area contributed by atoms with Crippen molar-refractivity contribution in [1.29, 1.82) is 0 Å². The van der Waals surface area contributed by atoms with Gasteiger partial charge < -0.3 is 10.6 Å². The van der Waals surface area contributed by atoms with E-state index in [1.165, 1.54) is 6.42 Å². The second-order valence-corrected chi connectivity index (χ2v) is 5.41. The normalized spacial score (nSPS) is 18.8. The van der Waals surface area contributed by atoms with E-state index in [2.05, 4.69) is 38.6 Å². The number of pyridine rings is 1. The van der Waals surface area contributed by atoms with Crippen LogP contribution in [0.4, 0.5) is 11.6 Å². The fraction of sp³-hybridized carbons (Fsp3) is 0.533. The molecule has 6 nitrogen and oxygen atoms in total. The van der Waals surface area contributed by atoms with E-state index in [9.17, 15) is 0 Å². The molecule has 6 heteroatoms. The van der Waals surface area contributed by atoms with Crippen LogP contribution in [0, 0.1) is 0 Å². The number of nitrogen functional groups attached to an aromatic ring is 1. The van der Waals surface area contributed by atoms with Gasteiger partial charge in [0.15, 0.2) is 5.65 Å². The van der Waals surface area contributed by atoms with E-state index in [1.54, 1.807) is 6.33 Å². The van der Waals surface area contributed by atoms with Crippen molar-refractivity contribution in [2.24, 2.45) is 0 Å². The Morgan fingerprint density at radius 1 is 1.29 bits per heavy atom. The minimum atomic E-state index is 0.495. The number of hydrogen-bond donors (Lipinski definition) is 1. The Morgan fingerprint density at radius 2 is 2.10 bits per heavy atom. The number of likely N-dealkylation sites (N-methyl/N-ethyl adjacent to an activating group) is 1. The van der Waals surface area contributed by atoms with Crippen LogP contribution >= 0.6 is 0 Å². The predicted molar refractivity (Wildman–Crippen MR) is 85.3 cm³/mol. The lowest BCUT2D eigenvalue weighted by Crippen LogP contribution is -2.37. The summed E-state index contributed by atoms with van der Waals surface area (Å²) in [6.45, 7) is 8.67. The molecule has 1 aliphatic heterocycles. The number of aromatic nitrogens is 3. The molecule has 1 fully saturated rings. The minimum Gasteiger partial charge on any atom is -0.384 e. The predicted octanol–water partition coefficient (Wildman–Crippen LogP) is 1.53. The van der Waals surface area contributed by atoms with E-state index in [-0.39, 0.29) is 0 Å². The zero-order valence-electron chi connectivity index (χ0n) is 12.7. The van der Waals surface area contributed by atoms with E-state index in [4.69, 9.17) is 5.73 Å². The van der Waals surface area contributed by atoms with Crippen molar-refractivity contribution >= 4 is 22.7 Å². The van der Waals surface area contributed by atoms with Gasteiger partial charge in [-0.25, -0.2) is 15.0 Å². The summed E-state index contributed by atoms with van der Waals surface area (Å²) >= 11 is 0. The summed E-state index contributed by atoms with van der Waals surface area (Å²) in [4.78, 5) is 17.8. The number of nitrogens with two attached hydrogens (primary N) is 1. The van der Waals surface area contributed by atoms with Gasteiger partial charge in [0, 0.05) is 19.1 Å². The van der Waals surface area contributed by atoms with Gasteiger partial charge in [-0.1, -0.05) is 13.8 Å². The average Bonchev–Trinajstić information content (AvgIpc) is 2.97. The molecule has 1 saturated heterocycles. The van der Waals surface area contributed by atoms with Crippen LogP contribution in [0.2, 0.25) is 0 Å². The van der Waals surface area contributed by atoms with Crippen LogP contribution in [0.1, 0.15) is 20.3 Å². The summed E-state index contributed by atoms with van der Waals surface area (Å²) in [6, 6.07) is 4.39. The lowest BCUT2D eigenvalue weighted by molar-refractivity contribution is 0.232. The molecular formula is C15H22N6. The fourth-order valence-corrected chi connectivity index (χ4v) is 3.17. The quantitative estimate of drug-likeness (QED) is 0.919. The van der Waals surface area contributed by atoms with Crippen molar-refractivity contribution in [1.82, 2.24) is 19.9 Å². The highest BCUT2D eigenvalue weighted by Crippen LogP contribution is 2.27. The molecular weight excluding hydrogens is 264 g/mol. The van der Waals surface area contributed by atoms with Gasteiger partial charge in [-0.3, -0.25) is 4.90 Å². The van der Waals surface area contributed by atoms with Crippen molar-refractivity contribution in [2.75, 3.05) is 36.8 Å². The van der Waals surface area contributed by atoms with E-state index in [0.29, 0.717) is 17.5 Å². The Balaban J connectivity index is 1.88. The fourth-order valence-electron chi connectivity index (χ4n) is 3.17. The maximum atomic E-state index is 5.73. The molecule has 112 valence electrons. The molecule has 1 aliphatic rings. The average molecular weight is 286 g/mol. The van der Waals surface area contributed by atoms with Crippen molar-refractivity contribution in [3.8, 4) is 0 Å². The lowest BCUT2D eigenvalue weighted by atomic mass is 10.2. The first-order chi connectivity index (χ1) is 10.2. The second kappa shape index (κ2) is 5.81. The molecule has 2 aromatic heterocycles. The van der Waals surface area contributed by atoms with Crippen molar-refractivity contribution in [2.45, 2.75) is 26.3 Å². The third-order valence-corrected chi connectivity index (χ3v) is 4.29. The summed E-state index contributed by atoms with van der Waals surface area (Å²) in [5, 5.41) is 0.979. The molecule has 1 atom stereocenters. The Bertz CT molecular complexity index is 625. The largest absolute Gasteiger partial charge is 0.384 e. The molecule has 21 heavy (non-hydrogen) atoms. The van der Waals surface area contributed by atoms with Crippen LogP contribution in [0.15, 0.2) is 18.5 Å². The Morgan fingerprint density at radius 3 is 2.86 bits per heavy atom. The first-order valence-corrected chi connectivity index (χ1v) is 7.59. The topological polar surface area (TPSA) is 71.2 Å². The number of nitrogens with zero attached hydrogens (tertiary/aromatic N) is 5. The maximum absolute atomic E-state index is 5.73. The number of hydrogen-bond acceptors (Lipinski definition) is 6. The van der Waals surface area contributed by atoms with Crippen LogP contribution in [0.5, 0.6) is 0 Å².